The number of nitrogens with zero attached hydrogens (tertiary/aromatic N) is 3. The van der Waals surface area contributed by atoms with Crippen LogP contribution in [0.1, 0.15) is 56.4 Å². The van der Waals surface area contributed by atoms with Gasteiger partial charge in [0.2, 0.25) is 5.91 Å². The third-order valence-corrected chi connectivity index (χ3v) is 4.07. The lowest BCUT2D eigenvalue weighted by Gasteiger charge is -2.27. The van der Waals surface area contributed by atoms with E-state index in [9.17, 15) is 4.79 Å². The first kappa shape index (κ1) is 15.9. The number of hydrogen-bond donors (Lipinski definition) is 1. The van der Waals surface area contributed by atoms with Crippen LogP contribution in [0.5, 0.6) is 0 Å². The van der Waals surface area contributed by atoms with Crippen LogP contribution in [0.3, 0.4) is 0 Å². The number of amides is 1. The van der Waals surface area contributed by atoms with E-state index in [2.05, 4.69) is 29.0 Å². The summed E-state index contributed by atoms with van der Waals surface area (Å²) in [6.45, 7) is 7.57. The standard InChI is InChI=1S/C16H26N4O/c1-11(2)20-9-5-6-14(20)16-18-12(3)10-13(19-16)7-8-15(21)17-4/h10-11,14H,5-9H2,1-4H3,(H,17,21). The van der Waals surface area contributed by atoms with Gasteiger partial charge in [-0.1, -0.05) is 0 Å². The molecule has 2 rings (SSSR count). The summed E-state index contributed by atoms with van der Waals surface area (Å²) in [5, 5.41) is 2.65. The summed E-state index contributed by atoms with van der Waals surface area (Å²) in [4.78, 5) is 23.2. The fourth-order valence-corrected chi connectivity index (χ4v) is 2.99. The molecule has 0 spiro atoms. The zero-order valence-electron chi connectivity index (χ0n) is 13.5. The van der Waals surface area contributed by atoms with Crippen LogP contribution < -0.4 is 5.32 Å². The minimum atomic E-state index is 0.0532. The van der Waals surface area contributed by atoms with Crippen molar-refractivity contribution < 1.29 is 4.79 Å². The molecule has 0 radical (unpaired) electrons. The number of likely N-dealkylation sites (tertiary alicyclic amines) is 1. The highest BCUT2D eigenvalue weighted by molar-refractivity contribution is 5.75. The minimum Gasteiger partial charge on any atom is -0.359 e. The quantitative estimate of drug-likeness (QED) is 0.901. The van der Waals surface area contributed by atoms with Crippen molar-refractivity contribution in [2.75, 3.05) is 13.6 Å². The lowest BCUT2D eigenvalue weighted by molar-refractivity contribution is -0.120. The molecule has 1 atom stereocenters. The van der Waals surface area contributed by atoms with Crippen LogP contribution in [0.4, 0.5) is 0 Å². The summed E-state index contributed by atoms with van der Waals surface area (Å²) in [7, 11) is 1.66. The van der Waals surface area contributed by atoms with Gasteiger partial charge in [0.15, 0.2) is 0 Å². The molecular weight excluding hydrogens is 264 g/mol. The second-order valence-corrected chi connectivity index (χ2v) is 6.02. The lowest BCUT2D eigenvalue weighted by atomic mass is 10.1. The van der Waals surface area contributed by atoms with Crippen molar-refractivity contribution in [1.82, 2.24) is 20.2 Å². The van der Waals surface area contributed by atoms with Crippen molar-refractivity contribution in [3.63, 3.8) is 0 Å². The molecule has 1 N–H and O–H groups in total. The van der Waals surface area contributed by atoms with Crippen LogP contribution >= 0.6 is 0 Å². The highest BCUT2D eigenvalue weighted by Crippen LogP contribution is 2.31. The number of carbonyl (C=O) groups excluding carboxylic acids is 1. The number of aromatic nitrogens is 2. The Hall–Kier alpha value is -1.49. The van der Waals surface area contributed by atoms with Crippen molar-refractivity contribution in [2.24, 2.45) is 0 Å². The number of rotatable bonds is 5. The van der Waals surface area contributed by atoms with Gasteiger partial charge < -0.3 is 5.32 Å². The Labute approximate surface area is 127 Å². The molecule has 1 aliphatic heterocycles. The monoisotopic (exact) mass is 290 g/mol. The largest absolute Gasteiger partial charge is 0.359 e. The normalized spacial score (nSPS) is 19.2. The third-order valence-electron chi connectivity index (χ3n) is 4.07. The maximum absolute atomic E-state index is 11.4. The fraction of sp³-hybridized carbons (Fsp3) is 0.688. The van der Waals surface area contributed by atoms with Crippen LogP contribution in [0.15, 0.2) is 6.07 Å². The van der Waals surface area contributed by atoms with Crippen LogP contribution in [0.2, 0.25) is 0 Å². The first-order valence-electron chi connectivity index (χ1n) is 7.82. The van der Waals surface area contributed by atoms with Gasteiger partial charge in [-0.15, -0.1) is 0 Å². The second-order valence-electron chi connectivity index (χ2n) is 6.02. The molecule has 0 bridgehead atoms. The number of carbonyl (C=O) groups is 1. The average Bonchev–Trinajstić information content (AvgIpc) is 2.93. The number of nitrogens with one attached hydrogen (secondary N) is 1. The van der Waals surface area contributed by atoms with E-state index in [-0.39, 0.29) is 5.91 Å². The lowest BCUT2D eigenvalue weighted by Crippen LogP contribution is -2.31. The van der Waals surface area contributed by atoms with Gasteiger partial charge in [0.05, 0.1) is 6.04 Å². The predicted molar refractivity (Wildman–Crippen MR) is 83.0 cm³/mol. The second kappa shape index (κ2) is 6.98. The van der Waals surface area contributed by atoms with Crippen molar-refractivity contribution in [2.45, 2.75) is 58.5 Å². The molecule has 0 aliphatic carbocycles. The molecule has 116 valence electrons. The SMILES string of the molecule is CNC(=O)CCc1cc(C)nc(C2CCCN2C(C)C)n1. The number of hydrogen-bond acceptors (Lipinski definition) is 4. The first-order chi connectivity index (χ1) is 10.0. The van der Waals surface area contributed by atoms with E-state index in [1.165, 1.54) is 6.42 Å². The van der Waals surface area contributed by atoms with E-state index < -0.39 is 0 Å². The van der Waals surface area contributed by atoms with E-state index in [0.29, 0.717) is 24.9 Å². The summed E-state index contributed by atoms with van der Waals surface area (Å²) in [6.07, 6.45) is 3.47. The zero-order valence-corrected chi connectivity index (χ0v) is 13.5. The maximum atomic E-state index is 11.4. The molecule has 5 heteroatoms. The molecular formula is C16H26N4O. The molecule has 1 unspecified atom stereocenters. The topological polar surface area (TPSA) is 58.1 Å². The van der Waals surface area contributed by atoms with Gasteiger partial charge in [0.1, 0.15) is 5.82 Å². The third kappa shape index (κ3) is 4.00. The van der Waals surface area contributed by atoms with Crippen molar-refractivity contribution >= 4 is 5.91 Å². The van der Waals surface area contributed by atoms with Crippen molar-refractivity contribution in [3.8, 4) is 0 Å². The van der Waals surface area contributed by atoms with Crippen LogP contribution in [0, 0.1) is 6.92 Å². The van der Waals surface area contributed by atoms with Gasteiger partial charge in [-0.2, -0.15) is 0 Å². The van der Waals surface area contributed by atoms with Crippen LogP contribution in [0.25, 0.3) is 0 Å². The summed E-state index contributed by atoms with van der Waals surface area (Å²) >= 11 is 0. The van der Waals surface area contributed by atoms with Crippen LogP contribution in [-0.2, 0) is 11.2 Å². The minimum absolute atomic E-state index is 0.0532. The van der Waals surface area contributed by atoms with E-state index in [1.807, 2.05) is 13.0 Å². The van der Waals surface area contributed by atoms with E-state index in [4.69, 9.17) is 4.98 Å². The Morgan fingerprint density at radius 1 is 1.48 bits per heavy atom. The Balaban J connectivity index is 2.16. The van der Waals surface area contributed by atoms with Gasteiger partial charge in [-0.25, -0.2) is 9.97 Å². The summed E-state index contributed by atoms with van der Waals surface area (Å²) in [5.74, 6) is 0.977. The molecule has 0 aromatic carbocycles. The molecule has 1 saturated heterocycles. The average molecular weight is 290 g/mol. The Morgan fingerprint density at radius 3 is 2.90 bits per heavy atom. The highest BCUT2D eigenvalue weighted by atomic mass is 16.1. The van der Waals surface area contributed by atoms with Gasteiger partial charge in [-0.3, -0.25) is 9.69 Å². The van der Waals surface area contributed by atoms with Crippen molar-refractivity contribution in [1.29, 1.82) is 0 Å². The molecule has 2 heterocycles. The summed E-state index contributed by atoms with van der Waals surface area (Å²) in [6, 6.07) is 2.82. The zero-order chi connectivity index (χ0) is 15.4. The summed E-state index contributed by atoms with van der Waals surface area (Å²) < 4.78 is 0. The van der Waals surface area contributed by atoms with Gasteiger partial charge in [-0.05, 0) is 52.6 Å². The van der Waals surface area contributed by atoms with Gasteiger partial charge in [0, 0.05) is 30.9 Å². The number of aryl methyl sites for hydroxylation is 2. The molecule has 1 aliphatic rings. The molecule has 21 heavy (non-hydrogen) atoms. The highest BCUT2D eigenvalue weighted by Gasteiger charge is 2.30. The smallest absolute Gasteiger partial charge is 0.220 e. The first-order valence-corrected chi connectivity index (χ1v) is 7.82. The summed E-state index contributed by atoms with van der Waals surface area (Å²) in [5.41, 5.74) is 1.96. The van der Waals surface area contributed by atoms with Crippen molar-refractivity contribution in [3.05, 3.63) is 23.3 Å². The van der Waals surface area contributed by atoms with Gasteiger partial charge >= 0.3 is 0 Å². The molecule has 5 nitrogen and oxygen atoms in total. The van der Waals surface area contributed by atoms with E-state index in [1.54, 1.807) is 7.05 Å². The molecule has 1 aromatic heterocycles. The molecule has 1 aromatic rings. The van der Waals surface area contributed by atoms with Crippen LogP contribution in [-0.4, -0.2) is 40.4 Å². The molecule has 0 saturated carbocycles. The predicted octanol–water partition coefficient (Wildman–Crippen LogP) is 2.01. The molecule has 1 amide bonds. The fourth-order valence-electron chi connectivity index (χ4n) is 2.99. The van der Waals surface area contributed by atoms with E-state index in [0.717, 1.165) is 30.2 Å². The Morgan fingerprint density at radius 2 is 2.24 bits per heavy atom. The van der Waals surface area contributed by atoms with E-state index >= 15 is 0 Å². The Bertz CT molecular complexity index is 501. The molecule has 1 fully saturated rings. The van der Waals surface area contributed by atoms with Gasteiger partial charge in [0.25, 0.3) is 0 Å². The maximum Gasteiger partial charge on any atom is 0.220 e. The Kier molecular flexibility index (Phi) is 5.28.